The molecule has 0 aromatic carbocycles. The van der Waals surface area contributed by atoms with E-state index < -0.39 is 190 Å². The number of hydrogen-bond acceptors (Lipinski definition) is 25. The van der Waals surface area contributed by atoms with Gasteiger partial charge in [0.2, 0.25) is 0 Å². The Morgan fingerprint density at radius 3 is 1.76 bits per heavy atom. The number of hydrogen-bond donors (Lipinski definition) is 9. The summed E-state index contributed by atoms with van der Waals surface area (Å²) < 4.78 is 80.5. The third-order valence-electron chi connectivity index (χ3n) is 16.2. The first-order valence-electron chi connectivity index (χ1n) is 29.2. The SMILES string of the molecule is CCCCCC1CCCCCCCCCC(=O)OC2C(OC(C)C(OC3OC(C)C(OC4OC(C)C(OC(=O)C(C)C)C(O)C4O)C(OC4OC(CO)C(O)C(O)C4O)C3OC(=O)C(C)CC)C2O)OC2C(C)OC(O1)C(O)C2O. The lowest BCUT2D eigenvalue weighted by Crippen LogP contribution is -2.68. The lowest BCUT2D eigenvalue weighted by molar-refractivity contribution is -0.398. The van der Waals surface area contributed by atoms with Gasteiger partial charge < -0.3 is 108 Å². The van der Waals surface area contributed by atoms with E-state index in [-0.39, 0.29) is 18.9 Å². The van der Waals surface area contributed by atoms with Crippen molar-refractivity contribution >= 4 is 17.9 Å². The van der Waals surface area contributed by atoms with Crippen LogP contribution >= 0.6 is 0 Å². The van der Waals surface area contributed by atoms with Crippen LogP contribution in [0, 0.1) is 11.8 Å². The Balaban J connectivity index is 1.32. The number of esters is 3. The lowest BCUT2D eigenvalue weighted by Gasteiger charge is -2.51. The molecule has 7 saturated heterocycles. The van der Waals surface area contributed by atoms with Gasteiger partial charge in [0, 0.05) is 6.42 Å². The Morgan fingerprint density at radius 2 is 1.10 bits per heavy atom. The van der Waals surface area contributed by atoms with Crippen LogP contribution in [0.25, 0.3) is 0 Å². The standard InChI is InChI=1S/C55H94O25/c1-10-12-18-21-31-22-19-16-14-13-15-17-20-23-33(57)74-46-41(65)44(29(8)70-54(46)77-43-28(7)68-51(72-31)39(63)37(43)61)78-55-48(76-50(67)26(5)11-2)47(80-53-38(62)35(59)34(58)32(24-56)73-53)45(30(9)71-55)79-52-40(64)36(60)42(27(6)69-52)75-49(66)25(3)4/h25-32,34-48,51-56,58-65H,10-24H2,1-9H3. The Morgan fingerprint density at radius 1 is 0.525 bits per heavy atom. The third-order valence-corrected chi connectivity index (χ3v) is 16.2. The first kappa shape index (κ1) is 66.8. The number of aliphatic hydroxyl groups is 9. The fourth-order valence-electron chi connectivity index (χ4n) is 10.9. The fourth-order valence-corrected chi connectivity index (χ4v) is 10.9. The average Bonchev–Trinajstić information content (AvgIpc) is 3.42. The average molecular weight is 1160 g/mol. The molecule has 0 radical (unpaired) electrons. The minimum Gasteiger partial charge on any atom is -0.457 e. The molecule has 0 aliphatic carbocycles. The van der Waals surface area contributed by atoms with Gasteiger partial charge in [0.25, 0.3) is 0 Å². The number of carbonyl (C=O) groups excluding carboxylic acids is 3. The van der Waals surface area contributed by atoms with E-state index in [0.29, 0.717) is 6.42 Å². The lowest BCUT2D eigenvalue weighted by atomic mass is 9.95. The summed E-state index contributed by atoms with van der Waals surface area (Å²) in [6.07, 6.45) is -29.2. The van der Waals surface area contributed by atoms with E-state index in [9.17, 15) is 60.3 Å². The molecule has 25 nitrogen and oxygen atoms in total. The van der Waals surface area contributed by atoms with E-state index in [4.69, 9.17) is 61.6 Å². The predicted octanol–water partition coefficient (Wildman–Crippen LogP) is 1.04. The van der Waals surface area contributed by atoms with Crippen molar-refractivity contribution in [1.29, 1.82) is 0 Å². The molecule has 0 aromatic heterocycles. The van der Waals surface area contributed by atoms with E-state index in [1.54, 1.807) is 34.6 Å². The van der Waals surface area contributed by atoms with Crippen LogP contribution in [0.2, 0.25) is 0 Å². The molecular weight excluding hydrogens is 1060 g/mol. The number of fused-ring (bicyclic) bond motifs is 14. The van der Waals surface area contributed by atoms with Gasteiger partial charge in [-0.05, 0) is 53.4 Å². The highest BCUT2D eigenvalue weighted by atomic mass is 16.8. The number of aliphatic hydroxyl groups excluding tert-OH is 9. The monoisotopic (exact) mass is 1150 g/mol. The molecule has 80 heavy (non-hydrogen) atoms. The highest BCUT2D eigenvalue weighted by molar-refractivity contribution is 5.72. The molecule has 2 bridgehead atoms. The topological polar surface area (TPSA) is 353 Å². The summed E-state index contributed by atoms with van der Waals surface area (Å²) >= 11 is 0. The number of unbranched alkanes of at least 4 members (excludes halogenated alkanes) is 2. The third kappa shape index (κ3) is 16.7. The second kappa shape index (κ2) is 31.2. The normalized spacial score (nSPS) is 44.3. The molecular formula is C55H94O25. The second-order valence-corrected chi connectivity index (χ2v) is 22.9. The maximum Gasteiger partial charge on any atom is 0.309 e. The van der Waals surface area contributed by atoms with Crippen LogP contribution in [0.15, 0.2) is 0 Å². The molecule has 7 aliphatic rings. The molecule has 7 rings (SSSR count). The summed E-state index contributed by atoms with van der Waals surface area (Å²) in [6.45, 7) is 13.8. The van der Waals surface area contributed by atoms with Crippen molar-refractivity contribution in [2.75, 3.05) is 6.61 Å². The van der Waals surface area contributed by atoms with Gasteiger partial charge in [-0.2, -0.15) is 0 Å². The summed E-state index contributed by atoms with van der Waals surface area (Å²) in [4.78, 5) is 40.3. The quantitative estimate of drug-likeness (QED) is 0.0592. The van der Waals surface area contributed by atoms with E-state index in [1.165, 1.54) is 20.8 Å². The minimum atomic E-state index is -2.01. The van der Waals surface area contributed by atoms with Crippen LogP contribution in [0.3, 0.4) is 0 Å². The molecule has 0 saturated carbocycles. The van der Waals surface area contributed by atoms with Crippen LogP contribution in [0.1, 0.15) is 152 Å². The smallest absolute Gasteiger partial charge is 0.309 e. The first-order chi connectivity index (χ1) is 38.0. The number of carbonyl (C=O) groups is 3. The van der Waals surface area contributed by atoms with Crippen LogP contribution < -0.4 is 0 Å². The van der Waals surface area contributed by atoms with Gasteiger partial charge in [-0.1, -0.05) is 92.4 Å². The maximum absolute atomic E-state index is 14.0. The fraction of sp³-hybridized carbons (Fsp3) is 0.945. The Bertz CT molecular complexity index is 1880. The van der Waals surface area contributed by atoms with Gasteiger partial charge in [0.15, 0.2) is 49.8 Å². The second-order valence-electron chi connectivity index (χ2n) is 22.9. The van der Waals surface area contributed by atoms with Gasteiger partial charge >= 0.3 is 17.9 Å². The molecule has 0 spiro atoms. The van der Waals surface area contributed by atoms with Gasteiger partial charge in [0.05, 0.1) is 49.0 Å². The summed E-state index contributed by atoms with van der Waals surface area (Å²) in [6, 6.07) is 0. The zero-order chi connectivity index (χ0) is 58.7. The molecule has 0 amide bonds. The van der Waals surface area contributed by atoms with Gasteiger partial charge in [-0.3, -0.25) is 14.4 Å². The molecule has 7 aliphatic heterocycles. The molecule has 0 aromatic rings. The first-order valence-corrected chi connectivity index (χ1v) is 29.2. The summed E-state index contributed by atoms with van der Waals surface area (Å²) in [7, 11) is 0. The molecule has 25 heteroatoms. The van der Waals surface area contributed by atoms with Crippen molar-refractivity contribution in [1.82, 2.24) is 0 Å². The summed E-state index contributed by atoms with van der Waals surface area (Å²) in [5.74, 6) is -3.57. The van der Waals surface area contributed by atoms with E-state index in [0.717, 1.165) is 70.6 Å². The largest absolute Gasteiger partial charge is 0.457 e. The Hall–Kier alpha value is -2.35. The predicted molar refractivity (Wildman–Crippen MR) is 275 cm³/mol. The Kier molecular flexibility index (Phi) is 26.0. The van der Waals surface area contributed by atoms with Crippen molar-refractivity contribution in [2.24, 2.45) is 11.8 Å². The van der Waals surface area contributed by atoms with Crippen molar-refractivity contribution in [3.63, 3.8) is 0 Å². The van der Waals surface area contributed by atoms with Crippen LogP contribution in [-0.2, 0) is 76.0 Å². The highest BCUT2D eigenvalue weighted by Crippen LogP contribution is 2.39. The molecule has 27 unspecified atom stereocenters. The van der Waals surface area contributed by atoms with E-state index >= 15 is 0 Å². The Labute approximate surface area is 469 Å². The van der Waals surface area contributed by atoms with Crippen LogP contribution in [0.4, 0.5) is 0 Å². The van der Waals surface area contributed by atoms with E-state index in [2.05, 4.69) is 6.92 Å². The molecule has 9 N–H and O–H groups in total. The maximum atomic E-state index is 14.0. The number of ether oxygens (including phenoxy) is 13. The highest BCUT2D eigenvalue weighted by Gasteiger charge is 2.58. The summed E-state index contributed by atoms with van der Waals surface area (Å²) in [5, 5.41) is 101. The van der Waals surface area contributed by atoms with Crippen molar-refractivity contribution in [3.8, 4) is 0 Å². The minimum absolute atomic E-state index is 0.0338. The molecule has 464 valence electrons. The molecule has 27 atom stereocenters. The summed E-state index contributed by atoms with van der Waals surface area (Å²) in [5.41, 5.74) is 0. The number of rotatable bonds is 16. The zero-order valence-electron chi connectivity index (χ0n) is 47.8. The molecule has 7 heterocycles. The van der Waals surface area contributed by atoms with Crippen molar-refractivity contribution in [2.45, 2.75) is 312 Å². The van der Waals surface area contributed by atoms with Crippen LogP contribution in [-0.4, -0.2) is 230 Å². The van der Waals surface area contributed by atoms with Crippen molar-refractivity contribution < 1.29 is 122 Å². The van der Waals surface area contributed by atoms with Crippen molar-refractivity contribution in [3.05, 3.63) is 0 Å². The van der Waals surface area contributed by atoms with Gasteiger partial charge in [-0.25, -0.2) is 0 Å². The molecule has 7 fully saturated rings. The zero-order valence-corrected chi connectivity index (χ0v) is 47.8. The van der Waals surface area contributed by atoms with Crippen LogP contribution in [0.5, 0.6) is 0 Å². The van der Waals surface area contributed by atoms with Gasteiger partial charge in [-0.15, -0.1) is 0 Å². The van der Waals surface area contributed by atoms with Gasteiger partial charge in [0.1, 0.15) is 79.4 Å². The van der Waals surface area contributed by atoms with E-state index in [1.807, 2.05) is 0 Å².